The summed E-state index contributed by atoms with van der Waals surface area (Å²) in [5, 5.41) is 11.5. The van der Waals surface area contributed by atoms with E-state index in [0.717, 1.165) is 6.42 Å². The standard InChI is InChI=1S/C12H16N2O4/c1-18-12(17)9-5-7-14-10(8-9)13-6-3-2-4-11(15)16/h5,7-8H,2-4,6H2,1H3,(H,13,14)(H,15,16). The first-order valence-electron chi connectivity index (χ1n) is 5.63. The summed E-state index contributed by atoms with van der Waals surface area (Å²) in [5.74, 6) is -0.625. The quantitative estimate of drug-likeness (QED) is 0.565. The summed E-state index contributed by atoms with van der Waals surface area (Å²) in [6.07, 6.45) is 3.03. The molecule has 1 aromatic heterocycles. The van der Waals surface area contributed by atoms with Crippen LogP contribution < -0.4 is 5.32 Å². The number of methoxy groups -OCH3 is 1. The van der Waals surface area contributed by atoms with Gasteiger partial charge in [0.05, 0.1) is 12.7 Å². The predicted octanol–water partition coefficient (Wildman–Crippen LogP) is 1.53. The molecule has 0 saturated carbocycles. The highest BCUT2D eigenvalue weighted by molar-refractivity contribution is 5.89. The second-order valence-corrected chi connectivity index (χ2v) is 3.70. The monoisotopic (exact) mass is 252 g/mol. The molecule has 6 heteroatoms. The van der Waals surface area contributed by atoms with E-state index >= 15 is 0 Å². The number of nitrogens with zero attached hydrogens (tertiary/aromatic N) is 1. The minimum absolute atomic E-state index is 0.164. The largest absolute Gasteiger partial charge is 0.481 e. The first-order chi connectivity index (χ1) is 8.63. The third kappa shape index (κ3) is 4.82. The topological polar surface area (TPSA) is 88.5 Å². The lowest BCUT2D eigenvalue weighted by Gasteiger charge is -2.06. The van der Waals surface area contributed by atoms with Crippen molar-refractivity contribution in [3.8, 4) is 0 Å². The molecule has 0 aliphatic heterocycles. The van der Waals surface area contributed by atoms with Gasteiger partial charge in [0.25, 0.3) is 0 Å². The van der Waals surface area contributed by atoms with Crippen molar-refractivity contribution in [2.24, 2.45) is 0 Å². The molecule has 0 bridgehead atoms. The Kier molecular flexibility index (Phi) is 5.63. The molecule has 1 aromatic rings. The summed E-state index contributed by atoms with van der Waals surface area (Å²) < 4.78 is 4.60. The summed E-state index contributed by atoms with van der Waals surface area (Å²) in [6.45, 7) is 0.616. The van der Waals surface area contributed by atoms with Gasteiger partial charge in [-0.05, 0) is 25.0 Å². The average molecular weight is 252 g/mol. The molecule has 0 saturated heterocycles. The van der Waals surface area contributed by atoms with Crippen LogP contribution in [0.5, 0.6) is 0 Å². The second kappa shape index (κ2) is 7.26. The van der Waals surface area contributed by atoms with Crippen molar-refractivity contribution < 1.29 is 19.4 Å². The molecule has 0 atom stereocenters. The fourth-order valence-electron chi connectivity index (χ4n) is 1.39. The van der Waals surface area contributed by atoms with E-state index in [4.69, 9.17) is 5.11 Å². The average Bonchev–Trinajstić information content (AvgIpc) is 2.37. The number of pyridine rings is 1. The molecule has 6 nitrogen and oxygen atoms in total. The normalized spacial score (nSPS) is 9.83. The fourth-order valence-corrected chi connectivity index (χ4v) is 1.39. The molecule has 0 aromatic carbocycles. The van der Waals surface area contributed by atoms with Gasteiger partial charge in [-0.2, -0.15) is 0 Å². The van der Waals surface area contributed by atoms with Crippen LogP contribution in [0, 0.1) is 0 Å². The number of aliphatic carboxylic acids is 1. The third-order valence-corrected chi connectivity index (χ3v) is 2.30. The van der Waals surface area contributed by atoms with Crippen molar-refractivity contribution in [3.05, 3.63) is 23.9 Å². The summed E-state index contributed by atoms with van der Waals surface area (Å²) in [4.78, 5) is 25.6. The van der Waals surface area contributed by atoms with Crippen LogP contribution in [0.3, 0.4) is 0 Å². The summed E-state index contributed by atoms with van der Waals surface area (Å²) in [6, 6.07) is 3.17. The molecule has 0 amide bonds. The van der Waals surface area contributed by atoms with Gasteiger partial charge in [-0.1, -0.05) is 0 Å². The van der Waals surface area contributed by atoms with Crippen LogP contribution in [0.15, 0.2) is 18.3 Å². The van der Waals surface area contributed by atoms with Gasteiger partial charge in [-0.25, -0.2) is 9.78 Å². The van der Waals surface area contributed by atoms with Gasteiger partial charge < -0.3 is 15.2 Å². The Balaban J connectivity index is 2.38. The highest BCUT2D eigenvalue weighted by Crippen LogP contribution is 2.08. The molecule has 98 valence electrons. The Hall–Kier alpha value is -2.11. The number of rotatable bonds is 7. The minimum Gasteiger partial charge on any atom is -0.481 e. The lowest BCUT2D eigenvalue weighted by atomic mass is 10.2. The van der Waals surface area contributed by atoms with Crippen LogP contribution in [0.1, 0.15) is 29.6 Å². The Morgan fingerprint density at radius 2 is 2.22 bits per heavy atom. The van der Waals surface area contributed by atoms with Crippen molar-refractivity contribution in [2.45, 2.75) is 19.3 Å². The summed E-state index contributed by atoms with van der Waals surface area (Å²) in [7, 11) is 1.32. The Morgan fingerprint density at radius 3 is 2.89 bits per heavy atom. The second-order valence-electron chi connectivity index (χ2n) is 3.70. The molecule has 0 fully saturated rings. The number of hydrogen-bond acceptors (Lipinski definition) is 5. The van der Waals surface area contributed by atoms with E-state index in [1.165, 1.54) is 13.3 Å². The highest BCUT2D eigenvalue weighted by atomic mass is 16.5. The van der Waals surface area contributed by atoms with Gasteiger partial charge in [0.15, 0.2) is 0 Å². The van der Waals surface area contributed by atoms with Crippen LogP contribution >= 0.6 is 0 Å². The smallest absolute Gasteiger partial charge is 0.338 e. The zero-order chi connectivity index (χ0) is 13.4. The number of carbonyl (C=O) groups excluding carboxylic acids is 1. The van der Waals surface area contributed by atoms with Crippen LogP contribution in [-0.4, -0.2) is 35.7 Å². The number of ether oxygens (including phenoxy) is 1. The maximum atomic E-state index is 11.3. The maximum Gasteiger partial charge on any atom is 0.338 e. The number of unbranched alkanes of at least 4 members (excludes halogenated alkanes) is 1. The van der Waals surface area contributed by atoms with Gasteiger partial charge in [-0.15, -0.1) is 0 Å². The maximum absolute atomic E-state index is 11.3. The molecule has 0 unspecified atom stereocenters. The molecule has 0 aliphatic rings. The lowest BCUT2D eigenvalue weighted by molar-refractivity contribution is -0.137. The van der Waals surface area contributed by atoms with E-state index in [2.05, 4.69) is 15.0 Å². The molecular weight excluding hydrogens is 236 g/mol. The van der Waals surface area contributed by atoms with E-state index in [-0.39, 0.29) is 6.42 Å². The first kappa shape index (κ1) is 14.0. The highest BCUT2D eigenvalue weighted by Gasteiger charge is 2.05. The van der Waals surface area contributed by atoms with Gasteiger partial charge in [-0.3, -0.25) is 4.79 Å². The number of carboxylic acids is 1. The summed E-state index contributed by atoms with van der Waals surface area (Å²) >= 11 is 0. The third-order valence-electron chi connectivity index (χ3n) is 2.30. The van der Waals surface area contributed by atoms with E-state index in [9.17, 15) is 9.59 Å². The molecule has 0 radical (unpaired) electrons. The number of carboxylic acid groups (broad SMARTS) is 1. The lowest BCUT2D eigenvalue weighted by Crippen LogP contribution is -2.07. The Morgan fingerprint density at radius 1 is 1.44 bits per heavy atom. The van der Waals surface area contributed by atoms with Crippen LogP contribution in [0.25, 0.3) is 0 Å². The van der Waals surface area contributed by atoms with Crippen molar-refractivity contribution in [2.75, 3.05) is 19.0 Å². The van der Waals surface area contributed by atoms with Crippen LogP contribution in [0.4, 0.5) is 5.82 Å². The molecular formula is C12H16N2O4. The van der Waals surface area contributed by atoms with Crippen molar-refractivity contribution in [1.29, 1.82) is 0 Å². The predicted molar refractivity (Wildman–Crippen MR) is 65.6 cm³/mol. The zero-order valence-electron chi connectivity index (χ0n) is 10.2. The SMILES string of the molecule is COC(=O)c1ccnc(NCCCCC(=O)O)c1. The number of hydrogen-bond donors (Lipinski definition) is 2. The molecule has 0 spiro atoms. The molecule has 0 aliphatic carbocycles. The van der Waals surface area contributed by atoms with E-state index in [1.807, 2.05) is 0 Å². The first-order valence-corrected chi connectivity index (χ1v) is 5.63. The number of anilines is 1. The molecule has 18 heavy (non-hydrogen) atoms. The number of esters is 1. The van der Waals surface area contributed by atoms with E-state index in [0.29, 0.717) is 24.3 Å². The molecule has 2 N–H and O–H groups in total. The van der Waals surface area contributed by atoms with Gasteiger partial charge >= 0.3 is 11.9 Å². The summed E-state index contributed by atoms with van der Waals surface area (Å²) in [5.41, 5.74) is 0.431. The van der Waals surface area contributed by atoms with Crippen molar-refractivity contribution in [1.82, 2.24) is 4.98 Å². The van der Waals surface area contributed by atoms with Gasteiger partial charge in [0, 0.05) is 19.2 Å². The van der Waals surface area contributed by atoms with Gasteiger partial charge in [0.1, 0.15) is 5.82 Å². The zero-order valence-corrected chi connectivity index (χ0v) is 10.2. The van der Waals surface area contributed by atoms with Crippen molar-refractivity contribution in [3.63, 3.8) is 0 Å². The van der Waals surface area contributed by atoms with Gasteiger partial charge in [0.2, 0.25) is 0 Å². The fraction of sp³-hybridized carbons (Fsp3) is 0.417. The van der Waals surface area contributed by atoms with E-state index in [1.54, 1.807) is 12.1 Å². The number of nitrogens with one attached hydrogen (secondary N) is 1. The molecule has 1 heterocycles. The Bertz CT molecular complexity index is 420. The molecule has 1 rings (SSSR count). The number of aromatic nitrogens is 1. The Labute approximate surface area is 105 Å². The van der Waals surface area contributed by atoms with Crippen LogP contribution in [-0.2, 0) is 9.53 Å². The van der Waals surface area contributed by atoms with E-state index < -0.39 is 11.9 Å². The van der Waals surface area contributed by atoms with Crippen LogP contribution in [0.2, 0.25) is 0 Å². The minimum atomic E-state index is -0.791. The van der Waals surface area contributed by atoms with Crippen molar-refractivity contribution >= 4 is 17.8 Å². The number of carbonyl (C=O) groups is 2.